The highest BCUT2D eigenvalue weighted by Crippen LogP contribution is 2.45. The molecule has 0 aliphatic heterocycles. The van der Waals surface area contributed by atoms with Crippen molar-refractivity contribution >= 4 is 5.82 Å². The van der Waals surface area contributed by atoms with Gasteiger partial charge in [0.1, 0.15) is 5.82 Å². The van der Waals surface area contributed by atoms with Crippen LogP contribution in [0.2, 0.25) is 0 Å². The van der Waals surface area contributed by atoms with E-state index in [1.165, 1.54) is 31.4 Å². The van der Waals surface area contributed by atoms with Crippen LogP contribution in [0.25, 0.3) is 11.1 Å². The van der Waals surface area contributed by atoms with Gasteiger partial charge in [-0.25, -0.2) is 4.39 Å². The van der Waals surface area contributed by atoms with E-state index in [1.807, 2.05) is 6.07 Å². The molecule has 106 valence electrons. The lowest BCUT2D eigenvalue weighted by atomic mass is 9.72. The van der Waals surface area contributed by atoms with Crippen LogP contribution in [0.4, 0.5) is 10.2 Å². The zero-order valence-electron chi connectivity index (χ0n) is 11.7. The van der Waals surface area contributed by atoms with Crippen LogP contribution < -0.4 is 5.73 Å². The maximum absolute atomic E-state index is 13.5. The summed E-state index contributed by atoms with van der Waals surface area (Å²) in [7, 11) is 0. The number of hydrogen-bond donors (Lipinski definition) is 1. The Morgan fingerprint density at radius 1 is 1.25 bits per heavy atom. The Morgan fingerprint density at radius 2 is 2.00 bits per heavy atom. The SMILES string of the molecule is CC1(c2onc(N)c2-c2cccc(F)c2)CCCCC1. The molecule has 3 nitrogen and oxygen atoms in total. The minimum absolute atomic E-state index is 0.0511. The molecule has 1 aliphatic carbocycles. The van der Waals surface area contributed by atoms with Gasteiger partial charge in [-0.3, -0.25) is 0 Å². The Bertz CT molecular complexity index is 615. The average molecular weight is 274 g/mol. The van der Waals surface area contributed by atoms with E-state index in [0.717, 1.165) is 29.7 Å². The highest BCUT2D eigenvalue weighted by molar-refractivity contribution is 5.76. The summed E-state index contributed by atoms with van der Waals surface area (Å²) >= 11 is 0. The number of aromatic nitrogens is 1. The molecule has 0 saturated heterocycles. The summed E-state index contributed by atoms with van der Waals surface area (Å²) in [4.78, 5) is 0. The number of nitrogen functional groups attached to an aromatic ring is 1. The maximum Gasteiger partial charge on any atom is 0.175 e. The second-order valence-electron chi connectivity index (χ2n) is 5.90. The molecule has 3 rings (SSSR count). The molecule has 0 bridgehead atoms. The van der Waals surface area contributed by atoms with E-state index >= 15 is 0 Å². The molecule has 1 aliphatic rings. The van der Waals surface area contributed by atoms with Gasteiger partial charge in [-0.05, 0) is 30.5 Å². The van der Waals surface area contributed by atoms with Crippen LogP contribution in [0.5, 0.6) is 0 Å². The highest BCUT2D eigenvalue weighted by atomic mass is 19.1. The van der Waals surface area contributed by atoms with E-state index < -0.39 is 0 Å². The third kappa shape index (κ3) is 2.19. The molecule has 4 heteroatoms. The van der Waals surface area contributed by atoms with Crippen LogP contribution in [0, 0.1) is 5.82 Å². The second-order valence-corrected chi connectivity index (χ2v) is 5.90. The first kappa shape index (κ1) is 13.2. The molecule has 1 aromatic heterocycles. The molecule has 0 spiro atoms. The third-order valence-electron chi connectivity index (χ3n) is 4.34. The summed E-state index contributed by atoms with van der Waals surface area (Å²) in [6.45, 7) is 2.19. The molecule has 0 unspecified atom stereocenters. The van der Waals surface area contributed by atoms with Gasteiger partial charge in [0.15, 0.2) is 11.6 Å². The largest absolute Gasteiger partial charge is 0.380 e. The summed E-state index contributed by atoms with van der Waals surface area (Å²) in [5.41, 5.74) is 7.41. The first-order chi connectivity index (χ1) is 9.60. The van der Waals surface area contributed by atoms with Crippen LogP contribution >= 0.6 is 0 Å². The number of benzene rings is 1. The molecule has 1 saturated carbocycles. The van der Waals surface area contributed by atoms with Gasteiger partial charge in [-0.15, -0.1) is 0 Å². The number of anilines is 1. The topological polar surface area (TPSA) is 52.0 Å². The average Bonchev–Trinajstić information content (AvgIpc) is 2.82. The molecule has 0 atom stereocenters. The van der Waals surface area contributed by atoms with Crippen LogP contribution in [0.3, 0.4) is 0 Å². The van der Waals surface area contributed by atoms with E-state index in [0.29, 0.717) is 5.82 Å². The summed E-state index contributed by atoms with van der Waals surface area (Å²) < 4.78 is 19.0. The van der Waals surface area contributed by atoms with Crippen molar-refractivity contribution in [3.8, 4) is 11.1 Å². The number of hydrogen-bond acceptors (Lipinski definition) is 3. The van der Waals surface area contributed by atoms with Crippen LogP contribution in [-0.4, -0.2) is 5.16 Å². The van der Waals surface area contributed by atoms with Crippen molar-refractivity contribution < 1.29 is 8.91 Å². The number of nitrogens with zero attached hydrogens (tertiary/aromatic N) is 1. The van der Waals surface area contributed by atoms with Crippen molar-refractivity contribution in [3.05, 3.63) is 35.8 Å². The van der Waals surface area contributed by atoms with Gasteiger partial charge in [0.25, 0.3) is 0 Å². The van der Waals surface area contributed by atoms with Gasteiger partial charge < -0.3 is 10.3 Å². The molecule has 0 amide bonds. The van der Waals surface area contributed by atoms with Crippen LogP contribution in [0.15, 0.2) is 28.8 Å². The Labute approximate surface area is 118 Å². The van der Waals surface area contributed by atoms with Crippen molar-refractivity contribution in [1.82, 2.24) is 5.16 Å². The quantitative estimate of drug-likeness (QED) is 0.889. The number of rotatable bonds is 2. The Morgan fingerprint density at radius 3 is 2.70 bits per heavy atom. The monoisotopic (exact) mass is 274 g/mol. The molecule has 1 aromatic carbocycles. The Balaban J connectivity index is 2.10. The zero-order chi connectivity index (χ0) is 14.2. The third-order valence-corrected chi connectivity index (χ3v) is 4.34. The maximum atomic E-state index is 13.5. The number of nitrogens with two attached hydrogens (primary N) is 1. The first-order valence-corrected chi connectivity index (χ1v) is 7.12. The lowest BCUT2D eigenvalue weighted by molar-refractivity contribution is 0.242. The van der Waals surface area contributed by atoms with Gasteiger partial charge in [-0.1, -0.05) is 43.5 Å². The fourth-order valence-corrected chi connectivity index (χ4v) is 3.20. The van der Waals surface area contributed by atoms with Crippen molar-refractivity contribution in [2.24, 2.45) is 0 Å². The van der Waals surface area contributed by atoms with Crippen molar-refractivity contribution in [2.75, 3.05) is 5.73 Å². The molecule has 1 heterocycles. The molecule has 20 heavy (non-hydrogen) atoms. The molecule has 1 fully saturated rings. The van der Waals surface area contributed by atoms with Crippen LogP contribution in [-0.2, 0) is 5.41 Å². The Kier molecular flexibility index (Phi) is 3.24. The van der Waals surface area contributed by atoms with E-state index in [9.17, 15) is 4.39 Å². The predicted octanol–water partition coefficient (Wildman–Crippen LogP) is 4.28. The van der Waals surface area contributed by atoms with Gasteiger partial charge in [0.2, 0.25) is 0 Å². The van der Waals surface area contributed by atoms with Crippen molar-refractivity contribution in [1.29, 1.82) is 0 Å². The zero-order valence-corrected chi connectivity index (χ0v) is 11.7. The minimum atomic E-state index is -0.275. The fraction of sp³-hybridized carbons (Fsp3) is 0.438. The Hall–Kier alpha value is -1.84. The van der Waals surface area contributed by atoms with Crippen LogP contribution in [0.1, 0.15) is 44.8 Å². The lowest BCUT2D eigenvalue weighted by Gasteiger charge is -2.31. The van der Waals surface area contributed by atoms with Gasteiger partial charge in [0, 0.05) is 5.41 Å². The molecular formula is C16H19FN2O. The molecule has 2 N–H and O–H groups in total. The summed E-state index contributed by atoms with van der Waals surface area (Å²) in [6.07, 6.45) is 5.74. The van der Waals surface area contributed by atoms with Crippen molar-refractivity contribution in [3.63, 3.8) is 0 Å². The van der Waals surface area contributed by atoms with Gasteiger partial charge in [0.05, 0.1) is 5.56 Å². The first-order valence-electron chi connectivity index (χ1n) is 7.12. The minimum Gasteiger partial charge on any atom is -0.380 e. The van der Waals surface area contributed by atoms with E-state index in [1.54, 1.807) is 6.07 Å². The van der Waals surface area contributed by atoms with Crippen molar-refractivity contribution in [2.45, 2.75) is 44.4 Å². The smallest absolute Gasteiger partial charge is 0.175 e. The lowest BCUT2D eigenvalue weighted by Crippen LogP contribution is -2.25. The van der Waals surface area contributed by atoms with E-state index in [4.69, 9.17) is 10.3 Å². The normalized spacial score (nSPS) is 18.1. The number of halogens is 1. The van der Waals surface area contributed by atoms with Gasteiger partial charge >= 0.3 is 0 Å². The summed E-state index contributed by atoms with van der Waals surface area (Å²) in [5, 5.41) is 3.92. The summed E-state index contributed by atoms with van der Waals surface area (Å²) in [5.74, 6) is 0.876. The van der Waals surface area contributed by atoms with E-state index in [2.05, 4.69) is 12.1 Å². The molecule has 2 aromatic rings. The highest BCUT2D eigenvalue weighted by Gasteiger charge is 2.36. The summed E-state index contributed by atoms with van der Waals surface area (Å²) in [6, 6.07) is 6.44. The fourth-order valence-electron chi connectivity index (χ4n) is 3.20. The van der Waals surface area contributed by atoms with E-state index in [-0.39, 0.29) is 11.2 Å². The molecular weight excluding hydrogens is 255 g/mol. The van der Waals surface area contributed by atoms with Gasteiger partial charge in [-0.2, -0.15) is 0 Å². The second kappa shape index (κ2) is 4.93. The predicted molar refractivity (Wildman–Crippen MR) is 76.7 cm³/mol. The molecule has 0 radical (unpaired) electrons. The standard InChI is InChI=1S/C16H19FN2O/c1-16(8-3-2-4-9-16)14-13(15(18)19-20-14)11-6-5-7-12(17)10-11/h5-7,10H,2-4,8-9H2,1H3,(H2,18,19).